The maximum atomic E-state index is 12.4. The molecule has 0 amide bonds. The molecule has 0 unspecified atom stereocenters. The second-order valence-electron chi connectivity index (χ2n) is 3.02. The van der Waals surface area contributed by atoms with Crippen molar-refractivity contribution in [1.82, 2.24) is 9.97 Å². The van der Waals surface area contributed by atoms with Crippen molar-refractivity contribution >= 4 is 23.4 Å². The summed E-state index contributed by atoms with van der Waals surface area (Å²) >= 11 is 1.57. The van der Waals surface area contributed by atoms with Gasteiger partial charge in [0.05, 0.1) is 0 Å². The van der Waals surface area contributed by atoms with E-state index in [0.29, 0.717) is 6.54 Å². The smallest absolute Gasteiger partial charge is 0.369 e. The van der Waals surface area contributed by atoms with Gasteiger partial charge in [-0.3, -0.25) is 0 Å². The number of nitrogens with one attached hydrogen (secondary N) is 2. The minimum Gasteiger partial charge on any atom is -0.369 e. The third-order valence-electron chi connectivity index (χ3n) is 1.74. The minimum absolute atomic E-state index is 0.0843. The van der Waals surface area contributed by atoms with E-state index < -0.39 is 12.0 Å². The van der Waals surface area contributed by atoms with Gasteiger partial charge < -0.3 is 10.7 Å². The first kappa shape index (κ1) is 13.8. The topological polar surface area (TPSA) is 75.9 Å². The van der Waals surface area contributed by atoms with Gasteiger partial charge in [-0.1, -0.05) is 0 Å². The van der Waals surface area contributed by atoms with Gasteiger partial charge in [0.15, 0.2) is 0 Å². The largest absolute Gasteiger partial charge is 0.451 e. The van der Waals surface area contributed by atoms with Gasteiger partial charge in [0.1, 0.15) is 11.6 Å². The second-order valence-corrected chi connectivity index (χ2v) is 4.01. The van der Waals surface area contributed by atoms with Crippen LogP contribution in [0.3, 0.4) is 0 Å². The Hall–Kier alpha value is -1.22. The molecule has 0 atom stereocenters. The monoisotopic (exact) mass is 267 g/mol. The van der Waals surface area contributed by atoms with Gasteiger partial charge in [-0.25, -0.2) is 15.8 Å². The van der Waals surface area contributed by atoms with Crippen molar-refractivity contribution in [3.05, 3.63) is 11.9 Å². The molecule has 0 radical (unpaired) electrons. The van der Waals surface area contributed by atoms with Crippen molar-refractivity contribution in [2.45, 2.75) is 6.18 Å². The number of nitrogens with two attached hydrogens (primary N) is 1. The van der Waals surface area contributed by atoms with E-state index in [1.54, 1.807) is 11.8 Å². The quantitative estimate of drug-likeness (QED) is 0.427. The van der Waals surface area contributed by atoms with Crippen molar-refractivity contribution < 1.29 is 13.2 Å². The van der Waals surface area contributed by atoms with Crippen molar-refractivity contribution in [3.63, 3.8) is 0 Å². The average Bonchev–Trinajstić information content (AvgIpc) is 2.28. The molecule has 96 valence electrons. The molecule has 0 spiro atoms. The van der Waals surface area contributed by atoms with Crippen LogP contribution < -0.4 is 16.6 Å². The zero-order valence-electron chi connectivity index (χ0n) is 9.01. The summed E-state index contributed by atoms with van der Waals surface area (Å²) in [6, 6.07) is 1.32. The number of nitrogens with zero attached hydrogens (tertiary/aromatic N) is 2. The van der Waals surface area contributed by atoms with Gasteiger partial charge in [-0.15, -0.1) is 0 Å². The third kappa shape index (κ3) is 4.27. The minimum atomic E-state index is -4.59. The maximum Gasteiger partial charge on any atom is 0.451 e. The number of anilines is 2. The molecule has 1 aromatic rings. The van der Waals surface area contributed by atoms with Crippen LogP contribution in [0.2, 0.25) is 0 Å². The van der Waals surface area contributed by atoms with Gasteiger partial charge in [0.25, 0.3) is 0 Å². The summed E-state index contributed by atoms with van der Waals surface area (Å²) in [5.74, 6) is 4.59. The molecular formula is C8H12F3N5S. The number of aromatic nitrogens is 2. The van der Waals surface area contributed by atoms with E-state index in [1.807, 2.05) is 6.26 Å². The lowest BCUT2D eigenvalue weighted by Gasteiger charge is -2.10. The Morgan fingerprint density at radius 1 is 1.35 bits per heavy atom. The molecule has 0 saturated heterocycles. The lowest BCUT2D eigenvalue weighted by molar-refractivity contribution is -0.144. The highest BCUT2D eigenvalue weighted by Gasteiger charge is 2.35. The Labute approximate surface area is 100 Å². The summed E-state index contributed by atoms with van der Waals surface area (Å²) in [6.07, 6.45) is -2.70. The summed E-state index contributed by atoms with van der Waals surface area (Å²) in [5.41, 5.74) is 2.07. The number of hydrazine groups is 1. The molecule has 0 aromatic carbocycles. The number of thioether (sulfide) groups is 1. The summed E-state index contributed by atoms with van der Waals surface area (Å²) in [4.78, 5) is 6.61. The zero-order chi connectivity index (χ0) is 12.9. The lowest BCUT2D eigenvalue weighted by atomic mass is 10.4. The Kier molecular flexibility index (Phi) is 4.82. The van der Waals surface area contributed by atoms with E-state index in [1.165, 1.54) is 6.07 Å². The van der Waals surface area contributed by atoms with Crippen LogP contribution >= 0.6 is 11.8 Å². The first-order valence-electron chi connectivity index (χ1n) is 4.63. The predicted octanol–water partition coefficient (Wildman–Crippen LogP) is 1.56. The van der Waals surface area contributed by atoms with Gasteiger partial charge in [0.2, 0.25) is 5.82 Å². The lowest BCUT2D eigenvalue weighted by Crippen LogP contribution is -2.17. The molecule has 0 saturated carbocycles. The Bertz CT molecular complexity index is 371. The highest BCUT2D eigenvalue weighted by Crippen LogP contribution is 2.28. The van der Waals surface area contributed by atoms with Crippen LogP contribution in [0.4, 0.5) is 24.8 Å². The Balaban J connectivity index is 2.89. The number of nitrogen functional groups attached to an aromatic ring is 1. The van der Waals surface area contributed by atoms with Crippen molar-refractivity contribution in [3.8, 4) is 0 Å². The molecule has 0 fully saturated rings. The standard InChI is InChI=1S/C8H12F3N5S/c1-17-3-2-13-5-4-6(16-12)15-7(14-5)8(9,10)11/h4H,2-3,12H2,1H3,(H2,13,14,15,16). The Morgan fingerprint density at radius 3 is 2.53 bits per heavy atom. The van der Waals surface area contributed by atoms with Gasteiger partial charge in [0, 0.05) is 18.4 Å². The molecule has 1 aromatic heterocycles. The molecule has 1 heterocycles. The average molecular weight is 267 g/mol. The summed E-state index contributed by atoms with van der Waals surface area (Å²) in [6.45, 7) is 0.513. The summed E-state index contributed by atoms with van der Waals surface area (Å²) < 4.78 is 37.3. The number of alkyl halides is 3. The van der Waals surface area contributed by atoms with Crippen LogP contribution in [0, 0.1) is 0 Å². The number of halogens is 3. The molecule has 4 N–H and O–H groups in total. The summed E-state index contributed by atoms with van der Waals surface area (Å²) in [5, 5.41) is 2.77. The third-order valence-corrected chi connectivity index (χ3v) is 2.35. The fraction of sp³-hybridized carbons (Fsp3) is 0.500. The maximum absolute atomic E-state index is 12.4. The van der Waals surface area contributed by atoms with E-state index in [-0.39, 0.29) is 11.6 Å². The molecule has 1 rings (SSSR count). The highest BCUT2D eigenvalue weighted by molar-refractivity contribution is 7.98. The molecule has 17 heavy (non-hydrogen) atoms. The van der Waals surface area contributed by atoms with Crippen molar-refractivity contribution in [2.75, 3.05) is 29.3 Å². The van der Waals surface area contributed by atoms with Crippen LogP contribution in [0.1, 0.15) is 5.82 Å². The van der Waals surface area contributed by atoms with Crippen LogP contribution in [0.5, 0.6) is 0 Å². The van der Waals surface area contributed by atoms with Gasteiger partial charge in [-0.05, 0) is 6.26 Å². The van der Waals surface area contributed by atoms with Crippen LogP contribution in [-0.4, -0.2) is 28.5 Å². The van der Waals surface area contributed by atoms with Crippen molar-refractivity contribution in [1.29, 1.82) is 0 Å². The zero-order valence-corrected chi connectivity index (χ0v) is 9.82. The van der Waals surface area contributed by atoms with Crippen LogP contribution in [0.15, 0.2) is 6.07 Å². The first-order valence-corrected chi connectivity index (χ1v) is 6.02. The van der Waals surface area contributed by atoms with Gasteiger partial charge in [-0.2, -0.15) is 24.9 Å². The van der Waals surface area contributed by atoms with Crippen LogP contribution in [0.25, 0.3) is 0 Å². The van der Waals surface area contributed by atoms with E-state index in [0.717, 1.165) is 5.75 Å². The van der Waals surface area contributed by atoms with Gasteiger partial charge >= 0.3 is 6.18 Å². The molecular weight excluding hydrogens is 255 g/mol. The van der Waals surface area contributed by atoms with Crippen LogP contribution in [-0.2, 0) is 6.18 Å². The number of hydrogen-bond donors (Lipinski definition) is 3. The fourth-order valence-corrected chi connectivity index (χ4v) is 1.33. The molecule has 0 aliphatic heterocycles. The molecule has 5 nitrogen and oxygen atoms in total. The van der Waals surface area contributed by atoms with Crippen molar-refractivity contribution in [2.24, 2.45) is 5.84 Å². The number of rotatable bonds is 5. The highest BCUT2D eigenvalue weighted by atomic mass is 32.2. The van der Waals surface area contributed by atoms with E-state index in [9.17, 15) is 13.2 Å². The predicted molar refractivity (Wildman–Crippen MR) is 61.7 cm³/mol. The normalized spacial score (nSPS) is 11.4. The number of hydrogen-bond acceptors (Lipinski definition) is 6. The molecule has 0 aliphatic carbocycles. The second kappa shape index (κ2) is 5.92. The molecule has 0 aliphatic rings. The first-order chi connectivity index (χ1) is 7.97. The van der Waals surface area contributed by atoms with E-state index in [2.05, 4.69) is 20.7 Å². The molecule has 9 heteroatoms. The van der Waals surface area contributed by atoms with E-state index in [4.69, 9.17) is 5.84 Å². The molecule has 0 bridgehead atoms. The Morgan fingerprint density at radius 2 is 2.00 bits per heavy atom. The SMILES string of the molecule is CSCCNc1cc(NN)nc(C(F)(F)F)n1. The summed E-state index contributed by atoms with van der Waals surface area (Å²) in [7, 11) is 0. The fourth-order valence-electron chi connectivity index (χ4n) is 1.02. The van der Waals surface area contributed by atoms with E-state index >= 15 is 0 Å².